The van der Waals surface area contributed by atoms with E-state index in [2.05, 4.69) is 5.32 Å². The first-order valence-corrected chi connectivity index (χ1v) is 6.93. The molecule has 0 radical (unpaired) electrons. The van der Waals surface area contributed by atoms with Crippen LogP contribution in [0.15, 0.2) is 42.5 Å². The van der Waals surface area contributed by atoms with Crippen LogP contribution in [-0.2, 0) is 6.54 Å². The highest BCUT2D eigenvalue weighted by Crippen LogP contribution is 2.25. The number of benzene rings is 2. The second kappa shape index (κ2) is 5.52. The molecule has 0 aromatic heterocycles. The number of hydrogen-bond acceptors (Lipinski definition) is 4. The van der Waals surface area contributed by atoms with Crippen LogP contribution in [0.1, 0.15) is 26.3 Å². The molecule has 1 N–H and O–H groups in total. The molecular weight excluding hydrogens is 280 g/mol. The van der Waals surface area contributed by atoms with Gasteiger partial charge < -0.3 is 10.1 Å². The van der Waals surface area contributed by atoms with E-state index in [0.717, 1.165) is 21.9 Å². The van der Waals surface area contributed by atoms with Crippen LogP contribution in [0, 0.1) is 0 Å². The van der Waals surface area contributed by atoms with Gasteiger partial charge in [-0.1, -0.05) is 12.1 Å². The van der Waals surface area contributed by atoms with E-state index in [1.807, 2.05) is 30.3 Å². The number of amides is 2. The van der Waals surface area contributed by atoms with Crippen molar-refractivity contribution in [3.8, 4) is 5.75 Å². The van der Waals surface area contributed by atoms with Crippen molar-refractivity contribution in [3.63, 3.8) is 0 Å². The number of rotatable bonds is 4. The largest absolute Gasteiger partial charge is 0.497 e. The molecule has 0 fully saturated rings. The molecule has 1 aliphatic heterocycles. The van der Waals surface area contributed by atoms with E-state index in [1.165, 1.54) is 7.05 Å². The van der Waals surface area contributed by atoms with Crippen LogP contribution in [0.4, 0.5) is 5.69 Å². The topological polar surface area (TPSA) is 58.6 Å². The summed E-state index contributed by atoms with van der Waals surface area (Å²) >= 11 is 0. The van der Waals surface area contributed by atoms with Gasteiger partial charge in [0.15, 0.2) is 0 Å². The van der Waals surface area contributed by atoms with Crippen molar-refractivity contribution in [1.29, 1.82) is 0 Å². The van der Waals surface area contributed by atoms with Crippen molar-refractivity contribution in [2.75, 3.05) is 19.5 Å². The molecule has 1 aliphatic rings. The molecule has 2 aromatic carbocycles. The third kappa shape index (κ3) is 2.41. The summed E-state index contributed by atoms with van der Waals surface area (Å²) in [5, 5.41) is 3.25. The maximum Gasteiger partial charge on any atom is 0.261 e. The molecule has 2 aromatic rings. The van der Waals surface area contributed by atoms with E-state index in [-0.39, 0.29) is 11.8 Å². The molecule has 2 amide bonds. The number of methoxy groups -OCH3 is 1. The van der Waals surface area contributed by atoms with Gasteiger partial charge in [0.1, 0.15) is 5.75 Å². The minimum Gasteiger partial charge on any atom is -0.497 e. The predicted molar refractivity (Wildman–Crippen MR) is 83.2 cm³/mol. The smallest absolute Gasteiger partial charge is 0.261 e. The number of fused-ring (bicyclic) bond motifs is 1. The van der Waals surface area contributed by atoms with Crippen LogP contribution in [0.2, 0.25) is 0 Å². The Balaban J connectivity index is 1.77. The Hall–Kier alpha value is -2.82. The first kappa shape index (κ1) is 14.1. The Morgan fingerprint density at radius 3 is 2.59 bits per heavy atom. The van der Waals surface area contributed by atoms with Crippen molar-refractivity contribution in [1.82, 2.24) is 4.90 Å². The first-order chi connectivity index (χ1) is 10.6. The summed E-state index contributed by atoms with van der Waals surface area (Å²) in [4.78, 5) is 25.0. The van der Waals surface area contributed by atoms with Gasteiger partial charge in [-0.3, -0.25) is 14.5 Å². The van der Waals surface area contributed by atoms with E-state index in [9.17, 15) is 9.59 Å². The maximum absolute atomic E-state index is 12.0. The van der Waals surface area contributed by atoms with Crippen molar-refractivity contribution >= 4 is 17.5 Å². The zero-order valence-corrected chi connectivity index (χ0v) is 12.4. The molecule has 112 valence electrons. The number of carbonyl (C=O) groups excluding carboxylic acids is 2. The van der Waals surface area contributed by atoms with E-state index < -0.39 is 0 Å². The van der Waals surface area contributed by atoms with E-state index >= 15 is 0 Å². The van der Waals surface area contributed by atoms with E-state index in [1.54, 1.807) is 19.2 Å². The highest BCUT2D eigenvalue weighted by molar-refractivity contribution is 6.21. The summed E-state index contributed by atoms with van der Waals surface area (Å²) < 4.78 is 5.19. The molecule has 0 aliphatic carbocycles. The quantitative estimate of drug-likeness (QED) is 0.881. The number of nitrogens with zero attached hydrogens (tertiary/aromatic N) is 1. The molecule has 1 heterocycles. The molecule has 5 heteroatoms. The molecule has 5 nitrogen and oxygen atoms in total. The Morgan fingerprint density at radius 1 is 1.05 bits per heavy atom. The van der Waals surface area contributed by atoms with Crippen molar-refractivity contribution in [2.45, 2.75) is 6.54 Å². The average molecular weight is 296 g/mol. The summed E-state index contributed by atoms with van der Waals surface area (Å²) in [5.41, 5.74) is 2.78. The fourth-order valence-electron chi connectivity index (χ4n) is 2.46. The summed E-state index contributed by atoms with van der Waals surface area (Å²) in [7, 11) is 3.13. The lowest BCUT2D eigenvalue weighted by Gasteiger charge is -2.08. The maximum atomic E-state index is 12.0. The third-order valence-corrected chi connectivity index (χ3v) is 3.72. The number of imide groups is 1. The number of nitrogens with one attached hydrogen (secondary N) is 1. The lowest BCUT2D eigenvalue weighted by atomic mass is 10.1. The number of carbonyl (C=O) groups is 2. The molecule has 3 rings (SSSR count). The van der Waals surface area contributed by atoms with Crippen LogP contribution in [-0.4, -0.2) is 30.9 Å². The number of hydrogen-bond donors (Lipinski definition) is 1. The van der Waals surface area contributed by atoms with Crippen molar-refractivity contribution < 1.29 is 14.3 Å². The van der Waals surface area contributed by atoms with E-state index in [4.69, 9.17) is 4.74 Å². The van der Waals surface area contributed by atoms with Crippen LogP contribution in [0.5, 0.6) is 5.75 Å². The summed E-state index contributed by atoms with van der Waals surface area (Å²) in [6, 6.07) is 13.0. The highest BCUT2D eigenvalue weighted by Gasteiger charge is 2.32. The fraction of sp³-hybridized carbons (Fsp3) is 0.176. The van der Waals surface area contributed by atoms with Crippen molar-refractivity contribution in [2.24, 2.45) is 0 Å². The molecule has 0 atom stereocenters. The van der Waals surface area contributed by atoms with Gasteiger partial charge in [-0.25, -0.2) is 0 Å². The minimum absolute atomic E-state index is 0.251. The average Bonchev–Trinajstić information content (AvgIpc) is 2.77. The summed E-state index contributed by atoms with van der Waals surface area (Å²) in [6.45, 7) is 0.605. The monoisotopic (exact) mass is 296 g/mol. The second-order valence-corrected chi connectivity index (χ2v) is 5.13. The first-order valence-electron chi connectivity index (χ1n) is 6.93. The molecule has 0 saturated heterocycles. The van der Waals surface area contributed by atoms with Gasteiger partial charge >= 0.3 is 0 Å². The van der Waals surface area contributed by atoms with Gasteiger partial charge in [-0.15, -0.1) is 0 Å². The molecular formula is C17H16N2O3. The molecule has 0 bridgehead atoms. The van der Waals surface area contributed by atoms with Crippen LogP contribution >= 0.6 is 0 Å². The van der Waals surface area contributed by atoms with Gasteiger partial charge in [0.2, 0.25) is 0 Å². The summed E-state index contributed by atoms with van der Waals surface area (Å²) in [6.07, 6.45) is 0. The molecule has 22 heavy (non-hydrogen) atoms. The van der Waals surface area contributed by atoms with Crippen LogP contribution in [0.25, 0.3) is 0 Å². The number of anilines is 1. The highest BCUT2D eigenvalue weighted by atomic mass is 16.5. The van der Waals surface area contributed by atoms with E-state index in [0.29, 0.717) is 17.7 Å². The zero-order valence-electron chi connectivity index (χ0n) is 12.4. The Bertz CT molecular complexity index is 755. The normalized spacial score (nSPS) is 13.3. The van der Waals surface area contributed by atoms with Gasteiger partial charge in [-0.2, -0.15) is 0 Å². The molecule has 0 saturated carbocycles. The predicted octanol–water partition coefficient (Wildman–Crippen LogP) is 2.53. The molecule has 0 spiro atoms. The minimum atomic E-state index is -0.259. The van der Waals surface area contributed by atoms with Crippen LogP contribution in [0.3, 0.4) is 0 Å². The Labute approximate surface area is 128 Å². The lowest BCUT2D eigenvalue weighted by molar-refractivity contribution is 0.0693. The number of ether oxygens (including phenoxy) is 1. The molecule has 0 unspecified atom stereocenters. The van der Waals surface area contributed by atoms with Gasteiger partial charge in [0, 0.05) is 19.3 Å². The zero-order chi connectivity index (χ0) is 15.7. The SMILES string of the molecule is COc1cccc(CNc2ccc3c(c2)C(=O)N(C)C3=O)c1. The summed E-state index contributed by atoms with van der Waals surface area (Å²) in [5.74, 6) is 0.292. The third-order valence-electron chi connectivity index (χ3n) is 3.72. The Kier molecular flexibility index (Phi) is 3.55. The fourth-order valence-corrected chi connectivity index (χ4v) is 2.46. The van der Waals surface area contributed by atoms with Gasteiger partial charge in [-0.05, 0) is 35.9 Å². The standard InChI is InChI=1S/C17H16N2O3/c1-19-16(20)14-7-6-12(9-15(14)17(19)21)18-10-11-4-3-5-13(8-11)22-2/h3-9,18H,10H2,1-2H3. The Morgan fingerprint density at radius 2 is 1.82 bits per heavy atom. The van der Waals surface area contributed by atoms with Crippen molar-refractivity contribution in [3.05, 3.63) is 59.2 Å². The van der Waals surface area contributed by atoms with Crippen LogP contribution < -0.4 is 10.1 Å². The van der Waals surface area contributed by atoms with Gasteiger partial charge in [0.05, 0.1) is 18.2 Å². The lowest BCUT2D eigenvalue weighted by Crippen LogP contribution is -2.24. The second-order valence-electron chi connectivity index (χ2n) is 5.13. The van der Waals surface area contributed by atoms with Gasteiger partial charge in [0.25, 0.3) is 11.8 Å².